The first-order chi connectivity index (χ1) is 9.18. The quantitative estimate of drug-likeness (QED) is 0.887. The Morgan fingerprint density at radius 1 is 1.42 bits per heavy atom. The molecule has 4 nitrogen and oxygen atoms in total. The van der Waals surface area contributed by atoms with Crippen LogP contribution in [0, 0.1) is 5.41 Å². The molecule has 1 aliphatic heterocycles. The second-order valence-electron chi connectivity index (χ2n) is 6.43. The van der Waals surface area contributed by atoms with Gasteiger partial charge in [-0.2, -0.15) is 4.98 Å². The van der Waals surface area contributed by atoms with Gasteiger partial charge in [0.15, 0.2) is 0 Å². The number of nitrogens with one attached hydrogen (secondary N) is 1. The van der Waals surface area contributed by atoms with Gasteiger partial charge in [-0.15, -0.1) is 0 Å². The molecule has 106 valence electrons. The average molecular weight is 263 g/mol. The van der Waals surface area contributed by atoms with Gasteiger partial charge in [0.05, 0.1) is 5.69 Å². The number of hydrogen-bond donors (Lipinski definition) is 1. The molecule has 0 radical (unpaired) electrons. The fourth-order valence-corrected chi connectivity index (χ4v) is 2.65. The van der Waals surface area contributed by atoms with Crippen molar-refractivity contribution in [3.05, 3.63) is 12.0 Å². The summed E-state index contributed by atoms with van der Waals surface area (Å²) in [6, 6.07) is 1.53. The van der Waals surface area contributed by atoms with Crippen LogP contribution < -0.4 is 10.2 Å². The Kier molecular flexibility index (Phi) is 3.52. The number of aromatic nitrogens is 1. The molecule has 0 aromatic carbocycles. The lowest BCUT2D eigenvalue weighted by atomic mass is 9.78. The Morgan fingerprint density at radius 2 is 2.16 bits per heavy atom. The van der Waals surface area contributed by atoms with E-state index in [0.717, 1.165) is 37.4 Å². The third-order valence-electron chi connectivity index (χ3n) is 4.78. The summed E-state index contributed by atoms with van der Waals surface area (Å²) in [7, 11) is 0. The normalized spacial score (nSPS) is 22.7. The molecule has 2 aliphatic rings. The van der Waals surface area contributed by atoms with Crippen LogP contribution in [0.25, 0.3) is 0 Å². The molecule has 1 saturated heterocycles. The molecule has 0 atom stereocenters. The Morgan fingerprint density at radius 3 is 2.79 bits per heavy atom. The van der Waals surface area contributed by atoms with Gasteiger partial charge in [0.2, 0.25) is 0 Å². The van der Waals surface area contributed by atoms with Gasteiger partial charge in [-0.3, -0.25) is 0 Å². The lowest BCUT2D eigenvalue weighted by Crippen LogP contribution is -2.38. The minimum absolute atomic E-state index is 0.513. The first-order valence-electron chi connectivity index (χ1n) is 7.61. The number of oxazole rings is 1. The van der Waals surface area contributed by atoms with E-state index in [4.69, 9.17) is 4.42 Å². The highest BCUT2D eigenvalue weighted by molar-refractivity contribution is 5.28. The maximum absolute atomic E-state index is 5.63. The van der Waals surface area contributed by atoms with Gasteiger partial charge in [0, 0.05) is 25.7 Å². The molecule has 3 rings (SSSR count). The van der Waals surface area contributed by atoms with Gasteiger partial charge in [-0.1, -0.05) is 20.3 Å². The summed E-state index contributed by atoms with van der Waals surface area (Å²) < 4.78 is 5.63. The van der Waals surface area contributed by atoms with Crippen molar-refractivity contribution in [2.24, 2.45) is 5.41 Å². The number of nitrogens with zero attached hydrogens (tertiary/aromatic N) is 2. The molecule has 0 unspecified atom stereocenters. The first-order valence-corrected chi connectivity index (χ1v) is 7.61. The van der Waals surface area contributed by atoms with Crippen LogP contribution in [-0.4, -0.2) is 24.1 Å². The summed E-state index contributed by atoms with van der Waals surface area (Å²) in [6.07, 6.45) is 8.17. The molecule has 1 N–H and O–H groups in total. The van der Waals surface area contributed by atoms with Crippen LogP contribution in [0.3, 0.4) is 0 Å². The van der Waals surface area contributed by atoms with Gasteiger partial charge >= 0.3 is 0 Å². The van der Waals surface area contributed by atoms with E-state index in [-0.39, 0.29) is 0 Å². The van der Waals surface area contributed by atoms with Crippen LogP contribution >= 0.6 is 0 Å². The van der Waals surface area contributed by atoms with Gasteiger partial charge in [-0.05, 0) is 31.1 Å². The molecule has 0 spiro atoms. The third-order valence-corrected chi connectivity index (χ3v) is 4.78. The minimum Gasteiger partial charge on any atom is -0.432 e. The van der Waals surface area contributed by atoms with Crippen molar-refractivity contribution in [3.63, 3.8) is 0 Å². The second-order valence-corrected chi connectivity index (χ2v) is 6.43. The SMILES string of the molecule is CCC1(C)CCN(c2nc(CNC3CC3)co2)CC1. The Bertz CT molecular complexity index is 417. The highest BCUT2D eigenvalue weighted by Gasteiger charge is 2.30. The van der Waals surface area contributed by atoms with E-state index in [1.807, 2.05) is 0 Å². The van der Waals surface area contributed by atoms with Crippen molar-refractivity contribution in [1.82, 2.24) is 10.3 Å². The van der Waals surface area contributed by atoms with Crippen molar-refractivity contribution >= 4 is 6.01 Å². The summed E-state index contributed by atoms with van der Waals surface area (Å²) in [5, 5.41) is 3.47. The van der Waals surface area contributed by atoms with Crippen LogP contribution in [0.15, 0.2) is 10.7 Å². The molecular weight excluding hydrogens is 238 g/mol. The topological polar surface area (TPSA) is 41.3 Å². The maximum Gasteiger partial charge on any atom is 0.297 e. The highest BCUT2D eigenvalue weighted by Crippen LogP contribution is 2.35. The highest BCUT2D eigenvalue weighted by atomic mass is 16.4. The van der Waals surface area contributed by atoms with Gasteiger partial charge in [0.1, 0.15) is 6.26 Å². The van der Waals surface area contributed by atoms with E-state index in [1.165, 1.54) is 32.1 Å². The summed E-state index contributed by atoms with van der Waals surface area (Å²) in [4.78, 5) is 6.89. The largest absolute Gasteiger partial charge is 0.432 e. The molecule has 4 heteroatoms. The average Bonchev–Trinajstić information content (AvgIpc) is 3.15. The van der Waals surface area contributed by atoms with E-state index >= 15 is 0 Å². The zero-order valence-electron chi connectivity index (χ0n) is 12.1. The van der Waals surface area contributed by atoms with Crippen molar-refractivity contribution in [2.45, 2.75) is 58.5 Å². The van der Waals surface area contributed by atoms with Crippen LogP contribution in [0.2, 0.25) is 0 Å². The molecule has 2 fully saturated rings. The van der Waals surface area contributed by atoms with Crippen LogP contribution in [0.5, 0.6) is 0 Å². The van der Waals surface area contributed by atoms with Gasteiger partial charge in [0.25, 0.3) is 6.01 Å². The predicted molar refractivity (Wildman–Crippen MR) is 76.2 cm³/mol. The molecule has 19 heavy (non-hydrogen) atoms. The number of piperidine rings is 1. The molecule has 1 aliphatic carbocycles. The van der Waals surface area contributed by atoms with Crippen LogP contribution in [0.1, 0.15) is 51.6 Å². The molecule has 0 bridgehead atoms. The summed E-state index contributed by atoms with van der Waals surface area (Å²) in [5.41, 5.74) is 1.55. The standard InChI is InChI=1S/C15H25N3O/c1-3-15(2)6-8-18(9-7-15)14-17-13(11-19-14)10-16-12-4-5-12/h11-12,16H,3-10H2,1-2H3. The number of anilines is 1. The van der Waals surface area contributed by atoms with Crippen molar-refractivity contribution < 1.29 is 4.42 Å². The monoisotopic (exact) mass is 263 g/mol. The molecule has 2 heterocycles. The Balaban J connectivity index is 1.54. The fraction of sp³-hybridized carbons (Fsp3) is 0.800. The third kappa shape index (κ3) is 3.11. The van der Waals surface area contributed by atoms with E-state index in [1.54, 1.807) is 6.26 Å². The Labute approximate surface area is 115 Å². The predicted octanol–water partition coefficient (Wildman–Crippen LogP) is 2.94. The molecule has 1 saturated carbocycles. The molecule has 1 aromatic rings. The minimum atomic E-state index is 0.513. The van der Waals surface area contributed by atoms with Crippen LogP contribution in [-0.2, 0) is 6.54 Å². The van der Waals surface area contributed by atoms with E-state index < -0.39 is 0 Å². The maximum atomic E-state index is 5.63. The summed E-state index contributed by atoms with van der Waals surface area (Å²) in [5.74, 6) is 0. The zero-order valence-corrected chi connectivity index (χ0v) is 12.1. The molecule has 0 amide bonds. The molecule has 1 aromatic heterocycles. The summed E-state index contributed by atoms with van der Waals surface area (Å²) >= 11 is 0. The number of hydrogen-bond acceptors (Lipinski definition) is 4. The molecular formula is C15H25N3O. The van der Waals surface area contributed by atoms with Crippen molar-refractivity contribution in [3.8, 4) is 0 Å². The van der Waals surface area contributed by atoms with Gasteiger partial charge in [-0.25, -0.2) is 0 Å². The smallest absolute Gasteiger partial charge is 0.297 e. The summed E-state index contributed by atoms with van der Waals surface area (Å²) in [6.45, 7) is 7.67. The first kappa shape index (κ1) is 13.0. The van der Waals surface area contributed by atoms with Crippen molar-refractivity contribution in [1.29, 1.82) is 0 Å². The lowest BCUT2D eigenvalue weighted by Gasteiger charge is -2.38. The Hall–Kier alpha value is -1.03. The fourth-order valence-electron chi connectivity index (χ4n) is 2.65. The lowest BCUT2D eigenvalue weighted by molar-refractivity contribution is 0.233. The zero-order chi connectivity index (χ0) is 13.3. The van der Waals surface area contributed by atoms with E-state index in [9.17, 15) is 0 Å². The second kappa shape index (κ2) is 5.16. The van der Waals surface area contributed by atoms with Crippen molar-refractivity contribution in [2.75, 3.05) is 18.0 Å². The van der Waals surface area contributed by atoms with Gasteiger partial charge < -0.3 is 14.6 Å². The van der Waals surface area contributed by atoms with E-state index in [0.29, 0.717) is 5.41 Å². The van der Waals surface area contributed by atoms with E-state index in [2.05, 4.69) is 29.0 Å². The van der Waals surface area contributed by atoms with Crippen LogP contribution in [0.4, 0.5) is 6.01 Å². The number of rotatable bonds is 5.